The van der Waals surface area contributed by atoms with Crippen LogP contribution in [0.3, 0.4) is 0 Å². The van der Waals surface area contributed by atoms with Crippen molar-refractivity contribution in [1.82, 2.24) is 9.88 Å². The van der Waals surface area contributed by atoms with Crippen LogP contribution in [0.4, 0.5) is 0 Å². The van der Waals surface area contributed by atoms with E-state index in [9.17, 15) is 4.79 Å². The molecule has 0 N–H and O–H groups in total. The molecule has 2 saturated heterocycles. The van der Waals surface area contributed by atoms with Crippen LogP contribution in [-0.2, 0) is 16.1 Å². The van der Waals surface area contributed by atoms with E-state index >= 15 is 0 Å². The summed E-state index contributed by atoms with van der Waals surface area (Å²) in [5.74, 6) is 0.114. The second kappa shape index (κ2) is 7.56. The van der Waals surface area contributed by atoms with Gasteiger partial charge >= 0.3 is 0 Å². The quantitative estimate of drug-likeness (QED) is 0.849. The molecule has 136 valence electrons. The molecule has 5 nitrogen and oxygen atoms in total. The fourth-order valence-electron chi connectivity index (χ4n) is 3.84. The van der Waals surface area contributed by atoms with Gasteiger partial charge in [-0.3, -0.25) is 9.78 Å². The van der Waals surface area contributed by atoms with Crippen LogP contribution in [0, 0.1) is 0 Å². The second-order valence-electron chi connectivity index (χ2n) is 7.15. The number of rotatable bonds is 4. The maximum atomic E-state index is 12.6. The number of aromatic nitrogens is 1. The van der Waals surface area contributed by atoms with Gasteiger partial charge in [-0.2, -0.15) is 0 Å². The summed E-state index contributed by atoms with van der Waals surface area (Å²) in [4.78, 5) is 18.6. The second-order valence-corrected chi connectivity index (χ2v) is 7.15. The highest BCUT2D eigenvalue weighted by Gasteiger charge is 2.43. The van der Waals surface area contributed by atoms with Crippen LogP contribution in [-0.4, -0.2) is 47.2 Å². The van der Waals surface area contributed by atoms with E-state index in [-0.39, 0.29) is 17.6 Å². The minimum absolute atomic E-state index is 0.114. The van der Waals surface area contributed by atoms with Gasteiger partial charge in [0.1, 0.15) is 0 Å². The highest BCUT2D eigenvalue weighted by molar-refractivity contribution is 5.94. The maximum Gasteiger partial charge on any atom is 0.253 e. The monoisotopic (exact) mass is 352 g/mol. The van der Waals surface area contributed by atoms with Crippen molar-refractivity contribution in [1.29, 1.82) is 0 Å². The van der Waals surface area contributed by atoms with E-state index in [0.717, 1.165) is 43.5 Å². The Morgan fingerprint density at radius 3 is 2.73 bits per heavy atom. The molecule has 1 spiro atoms. The van der Waals surface area contributed by atoms with Gasteiger partial charge in [-0.15, -0.1) is 0 Å². The summed E-state index contributed by atoms with van der Waals surface area (Å²) in [5.41, 5.74) is 1.71. The number of carbonyl (C=O) groups excluding carboxylic acids is 1. The lowest BCUT2D eigenvalue weighted by atomic mass is 9.87. The lowest BCUT2D eigenvalue weighted by Gasteiger charge is -2.38. The maximum absolute atomic E-state index is 12.6. The number of piperidine rings is 1. The summed E-state index contributed by atoms with van der Waals surface area (Å²) >= 11 is 0. The van der Waals surface area contributed by atoms with Crippen LogP contribution in [0.15, 0.2) is 54.9 Å². The number of benzene rings is 1. The fourth-order valence-corrected chi connectivity index (χ4v) is 3.84. The molecule has 0 unspecified atom stereocenters. The standard InChI is InChI=1S/C21H24N2O3/c24-20(18-6-2-1-3-7-18)23-11-8-21(9-12-23)13-19(16-26-21)25-15-17-5-4-10-22-14-17/h1-7,10,14,19H,8-9,11-13,15-16H2/t19-/m0/s1. The van der Waals surface area contributed by atoms with Crippen LogP contribution < -0.4 is 0 Å². The molecule has 0 aliphatic carbocycles. The molecule has 0 saturated carbocycles. The molecular formula is C21H24N2O3. The molecule has 2 aliphatic rings. The smallest absolute Gasteiger partial charge is 0.253 e. The van der Waals surface area contributed by atoms with E-state index < -0.39 is 0 Å². The van der Waals surface area contributed by atoms with Crippen molar-refractivity contribution in [2.75, 3.05) is 19.7 Å². The van der Waals surface area contributed by atoms with E-state index in [1.54, 1.807) is 6.20 Å². The van der Waals surface area contributed by atoms with E-state index in [1.807, 2.05) is 53.6 Å². The molecule has 2 fully saturated rings. The molecule has 4 rings (SSSR count). The lowest BCUT2D eigenvalue weighted by molar-refractivity contribution is -0.0412. The molecule has 2 aromatic rings. The molecule has 5 heteroatoms. The van der Waals surface area contributed by atoms with Crippen molar-refractivity contribution in [3.05, 3.63) is 66.0 Å². The first kappa shape index (κ1) is 17.2. The Kier molecular flexibility index (Phi) is 5.00. The number of pyridine rings is 1. The molecule has 26 heavy (non-hydrogen) atoms. The van der Waals surface area contributed by atoms with Gasteiger partial charge in [-0.25, -0.2) is 0 Å². The third kappa shape index (κ3) is 3.79. The molecule has 2 aliphatic heterocycles. The van der Waals surface area contributed by atoms with Gasteiger partial charge in [0.15, 0.2) is 0 Å². The molecule has 1 aromatic heterocycles. The first-order chi connectivity index (χ1) is 12.7. The average Bonchev–Trinajstić information content (AvgIpc) is 3.10. The van der Waals surface area contributed by atoms with Crippen molar-refractivity contribution in [3.8, 4) is 0 Å². The van der Waals surface area contributed by atoms with E-state index in [4.69, 9.17) is 9.47 Å². The number of hydrogen-bond acceptors (Lipinski definition) is 4. The van der Waals surface area contributed by atoms with E-state index in [2.05, 4.69) is 4.98 Å². The van der Waals surface area contributed by atoms with Gasteiger partial charge in [0, 0.05) is 37.5 Å². The predicted octanol–water partition coefficient (Wildman–Crippen LogP) is 3.06. The van der Waals surface area contributed by atoms with Crippen LogP contribution in [0.1, 0.15) is 35.2 Å². The number of likely N-dealkylation sites (tertiary alicyclic amines) is 1. The van der Waals surface area contributed by atoms with Gasteiger partial charge in [-0.1, -0.05) is 24.3 Å². The van der Waals surface area contributed by atoms with Gasteiger partial charge in [0.25, 0.3) is 5.91 Å². The van der Waals surface area contributed by atoms with Crippen molar-refractivity contribution in [3.63, 3.8) is 0 Å². The van der Waals surface area contributed by atoms with Crippen LogP contribution in [0.25, 0.3) is 0 Å². The molecule has 3 heterocycles. The third-order valence-electron chi connectivity index (χ3n) is 5.37. The molecule has 1 atom stereocenters. The SMILES string of the molecule is O=C(c1ccccc1)N1CCC2(CC1)C[C@H](OCc1cccnc1)CO2. The van der Waals surface area contributed by atoms with Gasteiger partial charge in [-0.05, 0) is 36.6 Å². The first-order valence-corrected chi connectivity index (χ1v) is 9.23. The number of nitrogens with zero attached hydrogens (tertiary/aromatic N) is 2. The zero-order chi connectivity index (χ0) is 17.8. The highest BCUT2D eigenvalue weighted by Crippen LogP contribution is 2.37. The highest BCUT2D eigenvalue weighted by atomic mass is 16.6. The minimum Gasteiger partial charge on any atom is -0.372 e. The zero-order valence-corrected chi connectivity index (χ0v) is 14.8. The summed E-state index contributed by atoms with van der Waals surface area (Å²) < 4.78 is 12.2. The summed E-state index contributed by atoms with van der Waals surface area (Å²) in [6.07, 6.45) is 6.37. The number of amides is 1. The molecule has 0 radical (unpaired) electrons. The van der Waals surface area contributed by atoms with E-state index in [1.165, 1.54) is 0 Å². The average molecular weight is 352 g/mol. The normalized spacial score (nSPS) is 21.8. The van der Waals surface area contributed by atoms with Crippen LogP contribution in [0.5, 0.6) is 0 Å². The van der Waals surface area contributed by atoms with Gasteiger partial charge in [0.2, 0.25) is 0 Å². The first-order valence-electron chi connectivity index (χ1n) is 9.23. The summed E-state index contributed by atoms with van der Waals surface area (Å²) in [5, 5.41) is 0. The van der Waals surface area contributed by atoms with E-state index in [0.29, 0.717) is 13.2 Å². The molecule has 1 amide bonds. The Morgan fingerprint density at radius 1 is 1.19 bits per heavy atom. The minimum atomic E-state index is -0.132. The van der Waals surface area contributed by atoms with Crippen molar-refractivity contribution in [2.24, 2.45) is 0 Å². The van der Waals surface area contributed by atoms with Crippen molar-refractivity contribution < 1.29 is 14.3 Å². The lowest BCUT2D eigenvalue weighted by Crippen LogP contribution is -2.46. The van der Waals surface area contributed by atoms with Gasteiger partial charge in [0.05, 0.1) is 24.9 Å². The Balaban J connectivity index is 1.28. The summed E-state index contributed by atoms with van der Waals surface area (Å²) in [6.45, 7) is 2.68. The molecule has 1 aromatic carbocycles. The third-order valence-corrected chi connectivity index (χ3v) is 5.37. The van der Waals surface area contributed by atoms with Gasteiger partial charge < -0.3 is 14.4 Å². The Bertz CT molecular complexity index is 727. The largest absolute Gasteiger partial charge is 0.372 e. The zero-order valence-electron chi connectivity index (χ0n) is 14.8. The number of ether oxygens (including phenoxy) is 2. The Labute approximate surface area is 153 Å². The summed E-state index contributed by atoms with van der Waals surface area (Å²) in [7, 11) is 0. The number of hydrogen-bond donors (Lipinski definition) is 0. The molecule has 0 bridgehead atoms. The Hall–Kier alpha value is -2.24. The predicted molar refractivity (Wildman–Crippen MR) is 97.7 cm³/mol. The van der Waals surface area contributed by atoms with Crippen LogP contribution >= 0.6 is 0 Å². The fraction of sp³-hybridized carbons (Fsp3) is 0.429. The number of carbonyl (C=O) groups is 1. The Morgan fingerprint density at radius 2 is 2.00 bits per heavy atom. The van der Waals surface area contributed by atoms with Crippen molar-refractivity contribution >= 4 is 5.91 Å². The van der Waals surface area contributed by atoms with Crippen molar-refractivity contribution in [2.45, 2.75) is 37.6 Å². The van der Waals surface area contributed by atoms with Crippen LogP contribution in [0.2, 0.25) is 0 Å². The summed E-state index contributed by atoms with van der Waals surface area (Å²) in [6, 6.07) is 13.4. The topological polar surface area (TPSA) is 51.7 Å². The molecular weight excluding hydrogens is 328 g/mol.